The fraction of sp³-hybridized carbons (Fsp3) is 0.250. The molecule has 2 nitrogen and oxygen atoms in total. The fourth-order valence-electron chi connectivity index (χ4n) is 2.46. The topological polar surface area (TPSA) is 32.3 Å². The highest BCUT2D eigenvalue weighted by Crippen LogP contribution is 2.40. The SMILES string of the molecule is Oc1c(F)cc(CNC2CC2c2ccccc2)cc1F. The van der Waals surface area contributed by atoms with Crippen LogP contribution in [0.2, 0.25) is 0 Å². The molecular formula is C16H15F2NO. The Morgan fingerprint density at radius 1 is 1.10 bits per heavy atom. The van der Waals surface area contributed by atoms with E-state index in [9.17, 15) is 8.78 Å². The molecule has 0 saturated heterocycles. The highest BCUT2D eigenvalue weighted by molar-refractivity contribution is 5.31. The number of hydrogen-bond donors (Lipinski definition) is 2. The van der Waals surface area contributed by atoms with Gasteiger partial charge in [-0.3, -0.25) is 0 Å². The van der Waals surface area contributed by atoms with E-state index < -0.39 is 17.4 Å². The molecule has 0 bridgehead atoms. The van der Waals surface area contributed by atoms with E-state index in [1.165, 1.54) is 5.56 Å². The molecule has 0 heterocycles. The molecule has 3 rings (SSSR count). The number of benzene rings is 2. The van der Waals surface area contributed by atoms with Crippen molar-refractivity contribution < 1.29 is 13.9 Å². The van der Waals surface area contributed by atoms with Gasteiger partial charge < -0.3 is 10.4 Å². The Kier molecular flexibility index (Phi) is 3.40. The number of rotatable bonds is 4. The minimum atomic E-state index is -0.919. The van der Waals surface area contributed by atoms with E-state index in [-0.39, 0.29) is 0 Å². The summed E-state index contributed by atoms with van der Waals surface area (Å²) in [5.41, 5.74) is 1.78. The lowest BCUT2D eigenvalue weighted by Crippen LogP contribution is -2.17. The van der Waals surface area contributed by atoms with Gasteiger partial charge >= 0.3 is 0 Å². The third-order valence-corrected chi connectivity index (χ3v) is 3.66. The van der Waals surface area contributed by atoms with Crippen LogP contribution < -0.4 is 5.32 Å². The van der Waals surface area contributed by atoms with Gasteiger partial charge in [-0.25, -0.2) is 8.78 Å². The molecule has 0 amide bonds. The van der Waals surface area contributed by atoms with E-state index in [1.54, 1.807) is 0 Å². The highest BCUT2D eigenvalue weighted by atomic mass is 19.1. The first-order valence-electron chi connectivity index (χ1n) is 6.60. The van der Waals surface area contributed by atoms with Gasteiger partial charge in [0.2, 0.25) is 0 Å². The van der Waals surface area contributed by atoms with Crippen molar-refractivity contribution in [2.24, 2.45) is 0 Å². The Hall–Kier alpha value is -1.94. The zero-order valence-corrected chi connectivity index (χ0v) is 10.8. The Labute approximate surface area is 116 Å². The van der Waals surface area contributed by atoms with E-state index in [2.05, 4.69) is 17.4 Å². The molecule has 4 heteroatoms. The molecule has 0 spiro atoms. The van der Waals surface area contributed by atoms with Crippen molar-refractivity contribution in [2.75, 3.05) is 0 Å². The first kappa shape index (κ1) is 13.1. The zero-order valence-electron chi connectivity index (χ0n) is 10.8. The first-order valence-corrected chi connectivity index (χ1v) is 6.60. The largest absolute Gasteiger partial charge is 0.503 e. The molecule has 0 aromatic heterocycles. The molecule has 2 N–H and O–H groups in total. The van der Waals surface area contributed by atoms with Crippen LogP contribution >= 0.6 is 0 Å². The molecule has 2 unspecified atom stereocenters. The Bertz CT molecular complexity index is 592. The second-order valence-corrected chi connectivity index (χ2v) is 5.15. The van der Waals surface area contributed by atoms with Crippen molar-refractivity contribution >= 4 is 0 Å². The molecule has 1 aliphatic carbocycles. The minimum Gasteiger partial charge on any atom is -0.503 e. The zero-order chi connectivity index (χ0) is 14.1. The summed E-state index contributed by atoms with van der Waals surface area (Å²) in [6.07, 6.45) is 1.03. The highest BCUT2D eigenvalue weighted by Gasteiger charge is 2.37. The van der Waals surface area contributed by atoms with Crippen LogP contribution in [0, 0.1) is 11.6 Å². The van der Waals surface area contributed by atoms with Crippen molar-refractivity contribution in [3.8, 4) is 5.75 Å². The van der Waals surface area contributed by atoms with Gasteiger partial charge in [-0.2, -0.15) is 0 Å². The van der Waals surface area contributed by atoms with Crippen LogP contribution in [0.4, 0.5) is 8.78 Å². The van der Waals surface area contributed by atoms with Gasteiger partial charge in [0.1, 0.15) is 0 Å². The molecule has 1 saturated carbocycles. The maximum absolute atomic E-state index is 13.2. The third kappa shape index (κ3) is 2.65. The Balaban J connectivity index is 1.59. The molecule has 1 fully saturated rings. The number of nitrogens with one attached hydrogen (secondary N) is 1. The van der Waals surface area contributed by atoms with Gasteiger partial charge in [0.25, 0.3) is 0 Å². The van der Waals surface area contributed by atoms with Gasteiger partial charge in [-0.1, -0.05) is 30.3 Å². The van der Waals surface area contributed by atoms with Crippen LogP contribution in [0.1, 0.15) is 23.5 Å². The minimum absolute atomic E-state index is 0.345. The van der Waals surface area contributed by atoms with E-state index in [1.807, 2.05) is 18.2 Å². The second kappa shape index (κ2) is 5.21. The van der Waals surface area contributed by atoms with E-state index in [0.29, 0.717) is 24.1 Å². The van der Waals surface area contributed by atoms with Crippen LogP contribution in [0.3, 0.4) is 0 Å². The lowest BCUT2D eigenvalue weighted by Gasteiger charge is -2.06. The summed E-state index contributed by atoms with van der Waals surface area (Å²) in [5, 5.41) is 12.3. The number of hydrogen-bond acceptors (Lipinski definition) is 2. The molecule has 2 aromatic rings. The number of halogens is 2. The van der Waals surface area contributed by atoms with Crippen LogP contribution in [0.15, 0.2) is 42.5 Å². The monoisotopic (exact) mass is 275 g/mol. The standard InChI is InChI=1S/C16H15F2NO/c17-13-6-10(7-14(18)16(13)20)9-19-15-8-12(15)11-4-2-1-3-5-11/h1-7,12,15,19-20H,8-9H2. The van der Waals surface area contributed by atoms with Crippen LogP contribution in [0.25, 0.3) is 0 Å². The molecule has 2 atom stereocenters. The smallest absolute Gasteiger partial charge is 0.187 e. The van der Waals surface area contributed by atoms with Gasteiger partial charge in [-0.05, 0) is 29.7 Å². The predicted molar refractivity (Wildman–Crippen MR) is 72.5 cm³/mol. The summed E-state index contributed by atoms with van der Waals surface area (Å²) in [7, 11) is 0. The average Bonchev–Trinajstić information content (AvgIpc) is 3.23. The number of phenolic OH excluding ortho intramolecular Hbond substituents is 1. The second-order valence-electron chi connectivity index (χ2n) is 5.15. The summed E-state index contributed by atoms with van der Waals surface area (Å²) in [4.78, 5) is 0. The van der Waals surface area contributed by atoms with Crippen molar-refractivity contribution in [1.82, 2.24) is 5.32 Å². The van der Waals surface area contributed by atoms with Crippen LogP contribution in [0.5, 0.6) is 5.75 Å². The first-order chi connectivity index (χ1) is 9.65. The van der Waals surface area contributed by atoms with Gasteiger partial charge in [0.05, 0.1) is 0 Å². The molecule has 2 aromatic carbocycles. The Morgan fingerprint density at radius 2 is 1.75 bits per heavy atom. The van der Waals surface area contributed by atoms with Crippen molar-refractivity contribution in [3.63, 3.8) is 0 Å². The summed E-state index contributed by atoms with van der Waals surface area (Å²) in [6.45, 7) is 0.391. The van der Waals surface area contributed by atoms with E-state index in [0.717, 1.165) is 18.6 Å². The summed E-state index contributed by atoms with van der Waals surface area (Å²) < 4.78 is 26.4. The van der Waals surface area contributed by atoms with Crippen molar-refractivity contribution in [3.05, 3.63) is 65.2 Å². The number of aromatic hydroxyl groups is 1. The van der Waals surface area contributed by atoms with E-state index in [4.69, 9.17) is 5.11 Å². The summed E-state index contributed by atoms with van der Waals surface area (Å²) >= 11 is 0. The normalized spacial score (nSPS) is 20.9. The third-order valence-electron chi connectivity index (χ3n) is 3.66. The fourth-order valence-corrected chi connectivity index (χ4v) is 2.46. The summed E-state index contributed by atoms with van der Waals surface area (Å²) in [6, 6.07) is 12.8. The lowest BCUT2D eigenvalue weighted by atomic mass is 10.1. The quantitative estimate of drug-likeness (QED) is 0.897. The van der Waals surface area contributed by atoms with Crippen LogP contribution in [-0.2, 0) is 6.54 Å². The van der Waals surface area contributed by atoms with Crippen LogP contribution in [-0.4, -0.2) is 11.1 Å². The molecule has 20 heavy (non-hydrogen) atoms. The maximum atomic E-state index is 13.2. The van der Waals surface area contributed by atoms with Gasteiger partial charge in [-0.15, -0.1) is 0 Å². The van der Waals surface area contributed by atoms with Crippen molar-refractivity contribution in [1.29, 1.82) is 0 Å². The average molecular weight is 275 g/mol. The Morgan fingerprint density at radius 3 is 2.40 bits per heavy atom. The van der Waals surface area contributed by atoms with Gasteiger partial charge in [0.15, 0.2) is 17.4 Å². The lowest BCUT2D eigenvalue weighted by molar-refractivity contribution is 0.395. The van der Waals surface area contributed by atoms with Gasteiger partial charge in [0, 0.05) is 18.5 Å². The maximum Gasteiger partial charge on any atom is 0.187 e. The van der Waals surface area contributed by atoms with E-state index >= 15 is 0 Å². The molecule has 0 radical (unpaired) electrons. The molecule has 1 aliphatic rings. The molecule has 0 aliphatic heterocycles. The molecular weight excluding hydrogens is 260 g/mol. The van der Waals surface area contributed by atoms with Crippen molar-refractivity contribution in [2.45, 2.75) is 24.9 Å². The number of phenols is 1. The summed E-state index contributed by atoms with van der Waals surface area (Å²) in [5.74, 6) is -2.28. The molecule has 104 valence electrons. The predicted octanol–water partition coefficient (Wildman–Crippen LogP) is 3.32.